The number of methoxy groups -OCH3 is 1. The van der Waals surface area contributed by atoms with E-state index in [1.165, 1.54) is 5.56 Å². The first-order valence-electron chi connectivity index (χ1n) is 8.70. The predicted octanol–water partition coefficient (Wildman–Crippen LogP) is 4.50. The molecular formula is C21H27NO3. The van der Waals surface area contributed by atoms with Crippen LogP contribution in [0.15, 0.2) is 42.5 Å². The van der Waals surface area contributed by atoms with Gasteiger partial charge in [0, 0.05) is 17.2 Å². The Kier molecular flexibility index (Phi) is 6.87. The van der Waals surface area contributed by atoms with Crippen LogP contribution in [0.1, 0.15) is 48.2 Å². The smallest absolute Gasteiger partial charge is 0.251 e. The molecule has 2 aromatic rings. The molecule has 4 heteroatoms. The van der Waals surface area contributed by atoms with Gasteiger partial charge in [-0.1, -0.05) is 31.0 Å². The summed E-state index contributed by atoms with van der Waals surface area (Å²) in [7, 11) is 1.62. The third-order valence-electron chi connectivity index (χ3n) is 4.06. The van der Waals surface area contributed by atoms with Gasteiger partial charge in [0.25, 0.3) is 5.91 Å². The minimum atomic E-state index is -0.0693. The molecule has 0 aliphatic heterocycles. The van der Waals surface area contributed by atoms with Gasteiger partial charge in [-0.3, -0.25) is 4.79 Å². The Labute approximate surface area is 150 Å². The fourth-order valence-corrected chi connectivity index (χ4v) is 2.64. The molecule has 2 aromatic carbocycles. The summed E-state index contributed by atoms with van der Waals surface area (Å²) in [5.41, 5.74) is 2.65. The lowest BCUT2D eigenvalue weighted by molar-refractivity contribution is 0.0938. The van der Waals surface area contributed by atoms with Crippen molar-refractivity contribution in [1.29, 1.82) is 0 Å². The highest BCUT2D eigenvalue weighted by Gasteiger charge is 2.13. The largest absolute Gasteiger partial charge is 0.496 e. The van der Waals surface area contributed by atoms with Gasteiger partial charge in [0.2, 0.25) is 0 Å². The van der Waals surface area contributed by atoms with E-state index in [0.717, 1.165) is 24.2 Å². The van der Waals surface area contributed by atoms with Crippen molar-refractivity contribution in [2.45, 2.75) is 46.3 Å². The Hall–Kier alpha value is -2.49. The Bertz CT molecular complexity index is 695. The van der Waals surface area contributed by atoms with Crippen LogP contribution < -0.4 is 14.8 Å². The first-order chi connectivity index (χ1) is 12.0. The van der Waals surface area contributed by atoms with E-state index in [9.17, 15) is 4.79 Å². The molecule has 0 spiro atoms. The summed E-state index contributed by atoms with van der Waals surface area (Å²) < 4.78 is 11.2. The molecule has 0 radical (unpaired) electrons. The third kappa shape index (κ3) is 5.52. The summed E-state index contributed by atoms with van der Waals surface area (Å²) in [6.07, 6.45) is 2.00. The fourth-order valence-electron chi connectivity index (χ4n) is 2.64. The van der Waals surface area contributed by atoms with Gasteiger partial charge in [0.1, 0.15) is 18.1 Å². The molecular weight excluding hydrogens is 314 g/mol. The zero-order valence-corrected chi connectivity index (χ0v) is 15.5. The SMILES string of the molecule is CCC[C@@H](C)NC(=O)c1ccc(OC)c(COc2ccc(C)cc2)c1. The number of carbonyl (C=O) groups is 1. The van der Waals surface area contributed by atoms with Crippen LogP contribution in [0, 0.1) is 6.92 Å². The maximum Gasteiger partial charge on any atom is 0.251 e. The van der Waals surface area contributed by atoms with Crippen LogP contribution in [-0.4, -0.2) is 19.1 Å². The number of hydrogen-bond acceptors (Lipinski definition) is 3. The number of aryl methyl sites for hydroxylation is 1. The molecule has 0 unspecified atom stereocenters. The zero-order chi connectivity index (χ0) is 18.2. The van der Waals surface area contributed by atoms with Crippen molar-refractivity contribution in [3.63, 3.8) is 0 Å². The first kappa shape index (κ1) is 18.8. The van der Waals surface area contributed by atoms with Crippen molar-refractivity contribution < 1.29 is 14.3 Å². The number of benzene rings is 2. The second kappa shape index (κ2) is 9.11. The predicted molar refractivity (Wildman–Crippen MR) is 100 cm³/mol. The highest BCUT2D eigenvalue weighted by Crippen LogP contribution is 2.22. The average molecular weight is 341 g/mol. The standard InChI is InChI=1S/C21H27NO3/c1-5-6-16(3)22-21(23)17-9-12-20(24-4)18(13-17)14-25-19-10-7-15(2)8-11-19/h7-13,16H,5-6,14H2,1-4H3,(H,22,23)/t16-/m1/s1. The van der Waals surface area contributed by atoms with Crippen LogP contribution in [0.2, 0.25) is 0 Å². The fraction of sp³-hybridized carbons (Fsp3) is 0.381. The maximum absolute atomic E-state index is 12.4. The Morgan fingerprint density at radius 2 is 1.88 bits per heavy atom. The lowest BCUT2D eigenvalue weighted by Crippen LogP contribution is -2.32. The van der Waals surface area contributed by atoms with E-state index < -0.39 is 0 Å². The lowest BCUT2D eigenvalue weighted by Gasteiger charge is -2.15. The number of amides is 1. The summed E-state index contributed by atoms with van der Waals surface area (Å²) in [5, 5.41) is 3.02. The molecule has 25 heavy (non-hydrogen) atoms. The van der Waals surface area contributed by atoms with Crippen LogP contribution in [0.4, 0.5) is 0 Å². The van der Waals surface area contributed by atoms with Crippen molar-refractivity contribution >= 4 is 5.91 Å². The van der Waals surface area contributed by atoms with Crippen molar-refractivity contribution in [1.82, 2.24) is 5.32 Å². The molecule has 0 aliphatic rings. The van der Waals surface area contributed by atoms with E-state index in [-0.39, 0.29) is 11.9 Å². The Balaban J connectivity index is 2.10. The molecule has 1 N–H and O–H groups in total. The van der Waals surface area contributed by atoms with Crippen molar-refractivity contribution in [2.24, 2.45) is 0 Å². The molecule has 0 aliphatic carbocycles. The zero-order valence-electron chi connectivity index (χ0n) is 15.5. The summed E-state index contributed by atoms with van der Waals surface area (Å²) in [5.74, 6) is 1.43. The number of ether oxygens (including phenoxy) is 2. The van der Waals surface area contributed by atoms with Gasteiger partial charge in [0.15, 0.2) is 0 Å². The van der Waals surface area contributed by atoms with Gasteiger partial charge in [0.05, 0.1) is 7.11 Å². The van der Waals surface area contributed by atoms with Crippen molar-refractivity contribution in [2.75, 3.05) is 7.11 Å². The topological polar surface area (TPSA) is 47.6 Å². The average Bonchev–Trinajstić information content (AvgIpc) is 2.61. The molecule has 0 saturated carbocycles. The highest BCUT2D eigenvalue weighted by atomic mass is 16.5. The maximum atomic E-state index is 12.4. The quantitative estimate of drug-likeness (QED) is 0.769. The number of rotatable bonds is 8. The molecule has 0 aromatic heterocycles. The van der Waals surface area contributed by atoms with Gasteiger partial charge in [-0.05, 0) is 50.6 Å². The van der Waals surface area contributed by atoms with Gasteiger partial charge in [-0.25, -0.2) is 0 Å². The summed E-state index contributed by atoms with van der Waals surface area (Å²) in [4.78, 5) is 12.4. The normalized spacial score (nSPS) is 11.7. The monoisotopic (exact) mass is 341 g/mol. The summed E-state index contributed by atoms with van der Waals surface area (Å²) >= 11 is 0. The lowest BCUT2D eigenvalue weighted by atomic mass is 10.1. The van der Waals surface area contributed by atoms with E-state index >= 15 is 0 Å². The van der Waals surface area contributed by atoms with Gasteiger partial charge in [-0.2, -0.15) is 0 Å². The molecule has 0 bridgehead atoms. The van der Waals surface area contributed by atoms with Crippen LogP contribution in [0.5, 0.6) is 11.5 Å². The minimum Gasteiger partial charge on any atom is -0.496 e. The molecule has 2 rings (SSSR count). The van der Waals surface area contributed by atoms with Gasteiger partial charge >= 0.3 is 0 Å². The first-order valence-corrected chi connectivity index (χ1v) is 8.70. The molecule has 4 nitrogen and oxygen atoms in total. The second-order valence-corrected chi connectivity index (χ2v) is 6.29. The summed E-state index contributed by atoms with van der Waals surface area (Å²) in [6.45, 7) is 6.51. The van der Waals surface area contributed by atoms with E-state index in [0.29, 0.717) is 17.9 Å². The van der Waals surface area contributed by atoms with Gasteiger partial charge < -0.3 is 14.8 Å². The molecule has 134 valence electrons. The highest BCUT2D eigenvalue weighted by molar-refractivity contribution is 5.94. The van der Waals surface area contributed by atoms with Crippen LogP contribution in [0.3, 0.4) is 0 Å². The number of nitrogens with one attached hydrogen (secondary N) is 1. The minimum absolute atomic E-state index is 0.0693. The Morgan fingerprint density at radius 1 is 1.16 bits per heavy atom. The van der Waals surface area contributed by atoms with Crippen molar-refractivity contribution in [3.05, 3.63) is 59.2 Å². The Morgan fingerprint density at radius 3 is 2.52 bits per heavy atom. The van der Waals surface area contributed by atoms with Crippen LogP contribution in [-0.2, 0) is 6.61 Å². The van der Waals surface area contributed by atoms with E-state index in [1.807, 2.05) is 50.2 Å². The molecule has 0 saturated heterocycles. The molecule has 0 heterocycles. The van der Waals surface area contributed by atoms with Crippen LogP contribution in [0.25, 0.3) is 0 Å². The number of hydrogen-bond donors (Lipinski definition) is 1. The van der Waals surface area contributed by atoms with E-state index in [2.05, 4.69) is 12.2 Å². The van der Waals surface area contributed by atoms with Crippen molar-refractivity contribution in [3.8, 4) is 11.5 Å². The van der Waals surface area contributed by atoms with E-state index in [4.69, 9.17) is 9.47 Å². The van der Waals surface area contributed by atoms with Gasteiger partial charge in [-0.15, -0.1) is 0 Å². The molecule has 0 fully saturated rings. The third-order valence-corrected chi connectivity index (χ3v) is 4.06. The second-order valence-electron chi connectivity index (χ2n) is 6.29. The molecule has 1 atom stereocenters. The molecule has 1 amide bonds. The van der Waals surface area contributed by atoms with Crippen LogP contribution >= 0.6 is 0 Å². The summed E-state index contributed by atoms with van der Waals surface area (Å²) in [6, 6.07) is 13.5. The number of carbonyl (C=O) groups excluding carboxylic acids is 1. The van der Waals surface area contributed by atoms with E-state index in [1.54, 1.807) is 13.2 Å².